The van der Waals surface area contributed by atoms with Gasteiger partial charge in [0.25, 0.3) is 5.91 Å². The molecule has 0 saturated carbocycles. The fourth-order valence-electron chi connectivity index (χ4n) is 2.24. The smallest absolute Gasteiger partial charge is 0.253 e. The number of hydrogen-bond donors (Lipinski definition) is 0. The van der Waals surface area contributed by atoms with E-state index in [2.05, 4.69) is 15.5 Å². The lowest BCUT2D eigenvalue weighted by atomic mass is 10.1. The number of carbonyl (C=O) groups is 1. The minimum absolute atomic E-state index is 0.0180. The van der Waals surface area contributed by atoms with Gasteiger partial charge in [0.2, 0.25) is 5.16 Å². The molecule has 6 nitrogen and oxygen atoms in total. The van der Waals surface area contributed by atoms with Crippen LogP contribution < -0.4 is 0 Å². The van der Waals surface area contributed by atoms with Crippen LogP contribution in [-0.4, -0.2) is 45.1 Å². The number of amides is 1. The van der Waals surface area contributed by atoms with E-state index in [9.17, 15) is 4.79 Å². The Morgan fingerprint density at radius 3 is 2.76 bits per heavy atom. The van der Waals surface area contributed by atoms with Gasteiger partial charge >= 0.3 is 0 Å². The van der Waals surface area contributed by atoms with Crippen LogP contribution >= 0.6 is 23.4 Å². The zero-order valence-corrected chi connectivity index (χ0v) is 15.3. The molecule has 0 atom stereocenters. The molecule has 1 amide bonds. The minimum Gasteiger partial charge on any atom is -0.345 e. The van der Waals surface area contributed by atoms with Crippen molar-refractivity contribution in [2.24, 2.45) is 0 Å². The minimum atomic E-state index is -0.0180. The molecule has 2 aromatic carbocycles. The van der Waals surface area contributed by atoms with Gasteiger partial charge in [-0.1, -0.05) is 41.6 Å². The van der Waals surface area contributed by atoms with Crippen molar-refractivity contribution < 1.29 is 4.79 Å². The Hall–Kier alpha value is -2.38. The number of aromatic nitrogens is 4. The van der Waals surface area contributed by atoms with E-state index in [-0.39, 0.29) is 5.91 Å². The second kappa shape index (κ2) is 7.67. The van der Waals surface area contributed by atoms with Gasteiger partial charge in [-0.3, -0.25) is 4.79 Å². The molecule has 3 rings (SSSR count). The highest BCUT2D eigenvalue weighted by Crippen LogP contribution is 2.24. The summed E-state index contributed by atoms with van der Waals surface area (Å²) < 4.78 is 1.64. The van der Waals surface area contributed by atoms with Crippen molar-refractivity contribution in [1.82, 2.24) is 25.1 Å². The molecule has 0 aliphatic heterocycles. The number of tetrazole rings is 1. The van der Waals surface area contributed by atoms with Gasteiger partial charge in [-0.15, -0.1) is 5.10 Å². The van der Waals surface area contributed by atoms with Crippen molar-refractivity contribution in [3.8, 4) is 5.69 Å². The first-order chi connectivity index (χ1) is 12.0. The van der Waals surface area contributed by atoms with E-state index in [0.717, 1.165) is 11.3 Å². The van der Waals surface area contributed by atoms with Crippen molar-refractivity contribution in [1.29, 1.82) is 0 Å². The fraction of sp³-hybridized carbons (Fsp3) is 0.176. The summed E-state index contributed by atoms with van der Waals surface area (Å²) in [5.41, 5.74) is 2.49. The Kier molecular flexibility index (Phi) is 5.35. The molecule has 25 heavy (non-hydrogen) atoms. The third-order valence-electron chi connectivity index (χ3n) is 3.44. The summed E-state index contributed by atoms with van der Waals surface area (Å²) in [6.45, 7) is 0. The SMILES string of the molecule is CN(C)C(=O)c1cccc(CSc2nnnn2-c2cccc(Cl)c2)c1. The van der Waals surface area contributed by atoms with Crippen LogP contribution in [0.5, 0.6) is 0 Å². The second-order valence-electron chi connectivity index (χ2n) is 5.54. The molecule has 0 aliphatic carbocycles. The number of thioether (sulfide) groups is 1. The lowest BCUT2D eigenvalue weighted by molar-refractivity contribution is 0.0827. The van der Waals surface area contributed by atoms with Crippen molar-refractivity contribution in [2.75, 3.05) is 14.1 Å². The molecule has 128 valence electrons. The van der Waals surface area contributed by atoms with Gasteiger partial charge in [0.15, 0.2) is 0 Å². The summed E-state index contributed by atoms with van der Waals surface area (Å²) in [6.07, 6.45) is 0. The molecule has 0 radical (unpaired) electrons. The Morgan fingerprint density at radius 1 is 1.20 bits per heavy atom. The molecular formula is C17H16ClN5OS. The first kappa shape index (κ1) is 17.4. The lowest BCUT2D eigenvalue weighted by Gasteiger charge is -2.11. The lowest BCUT2D eigenvalue weighted by Crippen LogP contribution is -2.21. The van der Waals surface area contributed by atoms with E-state index in [1.54, 1.807) is 35.8 Å². The molecule has 0 saturated heterocycles. The Bertz CT molecular complexity index is 896. The molecule has 1 aromatic heterocycles. The Labute approximate surface area is 154 Å². The van der Waals surface area contributed by atoms with Crippen LogP contribution in [0.25, 0.3) is 5.69 Å². The van der Waals surface area contributed by atoms with Crippen LogP contribution in [0.1, 0.15) is 15.9 Å². The standard InChI is InChI=1S/C17H16ClN5OS/c1-22(2)16(24)13-6-3-5-12(9-13)11-25-17-19-20-21-23(17)15-8-4-7-14(18)10-15/h3-10H,11H2,1-2H3. The van der Waals surface area contributed by atoms with Crippen molar-refractivity contribution >= 4 is 29.3 Å². The first-order valence-electron chi connectivity index (χ1n) is 7.52. The number of carbonyl (C=O) groups excluding carboxylic acids is 1. The van der Waals surface area contributed by atoms with Crippen molar-refractivity contribution in [2.45, 2.75) is 10.9 Å². The van der Waals surface area contributed by atoms with E-state index in [1.165, 1.54) is 11.8 Å². The predicted octanol–water partition coefficient (Wildman–Crippen LogP) is 3.31. The van der Waals surface area contributed by atoms with E-state index >= 15 is 0 Å². The predicted molar refractivity (Wildman–Crippen MR) is 98.2 cm³/mol. The van der Waals surface area contributed by atoms with Gasteiger partial charge in [0, 0.05) is 30.4 Å². The topological polar surface area (TPSA) is 63.9 Å². The van der Waals surface area contributed by atoms with Crippen LogP contribution in [0.15, 0.2) is 53.7 Å². The molecular weight excluding hydrogens is 358 g/mol. The van der Waals surface area contributed by atoms with Crippen molar-refractivity contribution in [3.63, 3.8) is 0 Å². The second-order valence-corrected chi connectivity index (χ2v) is 6.92. The van der Waals surface area contributed by atoms with E-state index in [1.807, 2.05) is 36.4 Å². The normalized spacial score (nSPS) is 10.7. The quantitative estimate of drug-likeness (QED) is 0.642. The van der Waals surface area contributed by atoms with E-state index in [4.69, 9.17) is 11.6 Å². The van der Waals surface area contributed by atoms with Gasteiger partial charge in [0.1, 0.15) is 0 Å². The molecule has 1 heterocycles. The average Bonchev–Trinajstić information content (AvgIpc) is 3.08. The highest BCUT2D eigenvalue weighted by Gasteiger charge is 2.11. The maximum absolute atomic E-state index is 12.1. The summed E-state index contributed by atoms with van der Waals surface area (Å²) in [4.78, 5) is 13.6. The van der Waals surface area contributed by atoms with Crippen LogP contribution in [0.3, 0.4) is 0 Å². The highest BCUT2D eigenvalue weighted by molar-refractivity contribution is 7.98. The van der Waals surface area contributed by atoms with Crippen LogP contribution in [0.4, 0.5) is 0 Å². The number of benzene rings is 2. The highest BCUT2D eigenvalue weighted by atomic mass is 35.5. The average molecular weight is 374 g/mol. The molecule has 0 fully saturated rings. The third-order valence-corrected chi connectivity index (χ3v) is 4.67. The molecule has 0 spiro atoms. The van der Waals surface area contributed by atoms with Gasteiger partial charge in [-0.25, -0.2) is 0 Å². The molecule has 8 heteroatoms. The largest absolute Gasteiger partial charge is 0.345 e. The molecule has 0 N–H and O–H groups in total. The number of rotatable bonds is 5. The molecule has 0 bridgehead atoms. The van der Waals surface area contributed by atoms with Crippen molar-refractivity contribution in [3.05, 3.63) is 64.7 Å². The van der Waals surface area contributed by atoms with Gasteiger partial charge < -0.3 is 4.90 Å². The maximum Gasteiger partial charge on any atom is 0.253 e. The van der Waals surface area contributed by atoms with E-state index in [0.29, 0.717) is 21.5 Å². The summed E-state index contributed by atoms with van der Waals surface area (Å²) in [5, 5.41) is 13.1. The number of hydrogen-bond acceptors (Lipinski definition) is 5. The fourth-order valence-corrected chi connectivity index (χ4v) is 3.26. The summed E-state index contributed by atoms with van der Waals surface area (Å²) in [6, 6.07) is 14.9. The zero-order valence-electron chi connectivity index (χ0n) is 13.8. The van der Waals surface area contributed by atoms with E-state index < -0.39 is 0 Å². The maximum atomic E-state index is 12.1. The zero-order chi connectivity index (χ0) is 17.8. The third kappa shape index (κ3) is 4.18. The van der Waals surface area contributed by atoms with Crippen LogP contribution in [0.2, 0.25) is 5.02 Å². The molecule has 0 unspecified atom stereocenters. The van der Waals surface area contributed by atoms with Crippen LogP contribution in [0, 0.1) is 0 Å². The summed E-state index contributed by atoms with van der Waals surface area (Å²) in [7, 11) is 3.48. The van der Waals surface area contributed by atoms with Gasteiger partial charge in [-0.2, -0.15) is 4.68 Å². The molecule has 0 aliphatic rings. The van der Waals surface area contributed by atoms with Gasteiger partial charge in [0.05, 0.1) is 5.69 Å². The van der Waals surface area contributed by atoms with Gasteiger partial charge in [-0.05, 0) is 46.3 Å². The van der Waals surface area contributed by atoms with Crippen LogP contribution in [-0.2, 0) is 5.75 Å². The molecule has 3 aromatic rings. The Balaban J connectivity index is 1.76. The number of halogens is 1. The number of nitrogens with zero attached hydrogens (tertiary/aromatic N) is 5. The summed E-state index contributed by atoms with van der Waals surface area (Å²) in [5.74, 6) is 0.630. The Morgan fingerprint density at radius 2 is 2.00 bits per heavy atom. The summed E-state index contributed by atoms with van der Waals surface area (Å²) >= 11 is 7.53. The monoisotopic (exact) mass is 373 g/mol. The first-order valence-corrected chi connectivity index (χ1v) is 8.88.